The molecule has 0 radical (unpaired) electrons. The van der Waals surface area contributed by atoms with Gasteiger partial charge in [0.05, 0.1) is 11.2 Å². The number of pyridine rings is 1. The van der Waals surface area contributed by atoms with E-state index >= 15 is 4.39 Å². The number of aromatic nitrogens is 1. The van der Waals surface area contributed by atoms with Crippen LogP contribution in [0.1, 0.15) is 42.1 Å². The molecule has 6 nitrogen and oxygen atoms in total. The number of halogens is 1. The Balaban J connectivity index is 1.60. The zero-order chi connectivity index (χ0) is 20.5. The Morgan fingerprint density at radius 3 is 2.62 bits per heavy atom. The Bertz CT molecular complexity index is 1070. The van der Waals surface area contributed by atoms with Crippen molar-refractivity contribution in [3.8, 4) is 0 Å². The van der Waals surface area contributed by atoms with E-state index in [-0.39, 0.29) is 22.4 Å². The molecule has 1 aliphatic heterocycles. The smallest absolute Gasteiger partial charge is 0.341 e. The van der Waals surface area contributed by atoms with Crippen molar-refractivity contribution < 1.29 is 14.3 Å². The van der Waals surface area contributed by atoms with E-state index in [1.54, 1.807) is 6.07 Å². The van der Waals surface area contributed by atoms with Crippen LogP contribution in [0.15, 0.2) is 23.1 Å². The number of carboxylic acids is 1. The van der Waals surface area contributed by atoms with Crippen molar-refractivity contribution in [2.45, 2.75) is 31.7 Å². The normalized spacial score (nSPS) is 22.8. The number of aromatic carboxylic acids is 1. The lowest BCUT2D eigenvalue weighted by atomic mass is 9.93. The average Bonchev–Trinajstić information content (AvgIpc) is 3.55. The van der Waals surface area contributed by atoms with Gasteiger partial charge in [-0.05, 0) is 63.2 Å². The van der Waals surface area contributed by atoms with Crippen LogP contribution in [0, 0.1) is 17.2 Å². The Kier molecular flexibility index (Phi) is 4.04. The highest BCUT2D eigenvalue weighted by molar-refractivity contribution is 5.93. The summed E-state index contributed by atoms with van der Waals surface area (Å²) in [5, 5.41) is 9.55. The van der Waals surface area contributed by atoms with Crippen molar-refractivity contribution in [3.63, 3.8) is 0 Å². The molecule has 1 saturated heterocycles. The van der Waals surface area contributed by atoms with Gasteiger partial charge in [0.15, 0.2) is 0 Å². The maximum absolute atomic E-state index is 15.1. The summed E-state index contributed by atoms with van der Waals surface area (Å²) < 4.78 is 17.0. The SMILES string of the molecule is CN(C)CC1CN(c2cc3c(cc2F)c(=O)c(C(=O)O)cn3C2CC2)CC12CC2. The number of carbonyl (C=O) groups is 1. The molecule has 2 aliphatic carbocycles. The minimum Gasteiger partial charge on any atom is -0.477 e. The molecule has 1 unspecified atom stereocenters. The highest BCUT2D eigenvalue weighted by atomic mass is 19.1. The van der Waals surface area contributed by atoms with Gasteiger partial charge in [0.25, 0.3) is 0 Å². The van der Waals surface area contributed by atoms with Crippen LogP contribution in [-0.2, 0) is 0 Å². The predicted molar refractivity (Wildman–Crippen MR) is 109 cm³/mol. The second kappa shape index (κ2) is 6.29. The predicted octanol–water partition coefficient (Wildman–Crippen LogP) is 2.95. The number of anilines is 1. The monoisotopic (exact) mass is 399 g/mol. The van der Waals surface area contributed by atoms with Crippen LogP contribution in [0.25, 0.3) is 10.9 Å². The molecule has 0 bridgehead atoms. The van der Waals surface area contributed by atoms with Gasteiger partial charge in [0.1, 0.15) is 11.4 Å². The summed E-state index contributed by atoms with van der Waals surface area (Å²) in [4.78, 5) is 28.5. The van der Waals surface area contributed by atoms with Crippen LogP contribution in [0.2, 0.25) is 0 Å². The molecule has 1 atom stereocenters. The molecule has 7 heteroatoms. The van der Waals surface area contributed by atoms with Crippen molar-refractivity contribution in [1.82, 2.24) is 9.47 Å². The zero-order valence-corrected chi connectivity index (χ0v) is 16.8. The Morgan fingerprint density at radius 1 is 1.31 bits per heavy atom. The van der Waals surface area contributed by atoms with E-state index in [9.17, 15) is 14.7 Å². The van der Waals surface area contributed by atoms with Gasteiger partial charge in [-0.15, -0.1) is 0 Å². The third kappa shape index (κ3) is 3.03. The van der Waals surface area contributed by atoms with Gasteiger partial charge in [0.2, 0.25) is 5.43 Å². The van der Waals surface area contributed by atoms with E-state index in [1.165, 1.54) is 25.1 Å². The molecule has 154 valence electrons. The first-order chi connectivity index (χ1) is 13.8. The van der Waals surface area contributed by atoms with Gasteiger partial charge in [-0.25, -0.2) is 9.18 Å². The molecule has 1 N–H and O–H groups in total. The number of benzene rings is 1. The molecule has 1 aromatic carbocycles. The van der Waals surface area contributed by atoms with Crippen LogP contribution >= 0.6 is 0 Å². The minimum atomic E-state index is -1.27. The molecule has 3 fully saturated rings. The number of hydrogen-bond acceptors (Lipinski definition) is 4. The molecule has 0 amide bonds. The van der Waals surface area contributed by atoms with Gasteiger partial charge in [-0.1, -0.05) is 0 Å². The second-order valence-corrected chi connectivity index (χ2v) is 9.34. The molecular weight excluding hydrogens is 373 g/mol. The van der Waals surface area contributed by atoms with Gasteiger partial charge < -0.3 is 19.5 Å². The summed E-state index contributed by atoms with van der Waals surface area (Å²) >= 11 is 0. The summed E-state index contributed by atoms with van der Waals surface area (Å²) in [7, 11) is 4.15. The fraction of sp³-hybridized carbons (Fsp3) is 0.545. The molecule has 29 heavy (non-hydrogen) atoms. The first kappa shape index (κ1) is 18.6. The quantitative estimate of drug-likeness (QED) is 0.838. The lowest BCUT2D eigenvalue weighted by molar-refractivity contribution is 0.0695. The van der Waals surface area contributed by atoms with Gasteiger partial charge >= 0.3 is 5.97 Å². The zero-order valence-electron chi connectivity index (χ0n) is 16.8. The summed E-state index contributed by atoms with van der Waals surface area (Å²) in [5.41, 5.74) is 0.553. The lowest BCUT2D eigenvalue weighted by Crippen LogP contribution is -2.28. The molecule has 1 spiro atoms. The largest absolute Gasteiger partial charge is 0.477 e. The third-order valence-electron chi connectivity index (χ3n) is 6.90. The van der Waals surface area contributed by atoms with Gasteiger partial charge in [0, 0.05) is 37.3 Å². The highest BCUT2D eigenvalue weighted by Gasteiger charge is 2.55. The molecule has 2 saturated carbocycles. The fourth-order valence-electron chi connectivity index (χ4n) is 5.04. The second-order valence-electron chi connectivity index (χ2n) is 9.34. The maximum atomic E-state index is 15.1. The molecule has 1 aromatic heterocycles. The standard InChI is InChI=1S/C22H26FN3O3/c1-24(2)9-13-10-25(12-22(13)5-6-22)19-8-18-15(7-17(19)23)20(27)16(21(28)29)11-26(18)14-3-4-14/h7-8,11,13-14H,3-6,9-10,12H2,1-2H3,(H,28,29). The number of fused-ring (bicyclic) bond motifs is 1. The summed E-state index contributed by atoms with van der Waals surface area (Å²) in [6.07, 6.45) is 5.70. The van der Waals surface area contributed by atoms with Crippen molar-refractivity contribution >= 4 is 22.6 Å². The van der Waals surface area contributed by atoms with E-state index in [0.29, 0.717) is 17.1 Å². The van der Waals surface area contributed by atoms with E-state index in [2.05, 4.69) is 23.9 Å². The molecule has 5 rings (SSSR count). The number of carboxylic acid groups (broad SMARTS) is 1. The average molecular weight is 399 g/mol. The molecule has 3 aliphatic rings. The topological polar surface area (TPSA) is 65.8 Å². The lowest BCUT2D eigenvalue weighted by Gasteiger charge is -2.22. The fourth-order valence-corrected chi connectivity index (χ4v) is 5.04. The van der Waals surface area contributed by atoms with E-state index in [0.717, 1.165) is 32.5 Å². The molecule has 2 aromatic rings. The van der Waals surface area contributed by atoms with Crippen molar-refractivity contribution in [2.75, 3.05) is 38.6 Å². The van der Waals surface area contributed by atoms with Crippen molar-refractivity contribution in [2.24, 2.45) is 11.3 Å². The number of hydrogen-bond donors (Lipinski definition) is 1. The van der Waals surface area contributed by atoms with Gasteiger partial charge in [-0.3, -0.25) is 4.79 Å². The van der Waals surface area contributed by atoms with E-state index < -0.39 is 17.2 Å². The summed E-state index contributed by atoms with van der Waals surface area (Å²) in [5.74, 6) is -1.20. The Hall–Kier alpha value is -2.41. The van der Waals surface area contributed by atoms with E-state index in [1.807, 2.05) is 4.57 Å². The van der Waals surface area contributed by atoms with Crippen LogP contribution in [0.5, 0.6) is 0 Å². The molecule has 2 heterocycles. The summed E-state index contributed by atoms with van der Waals surface area (Å²) in [6, 6.07) is 3.20. The Morgan fingerprint density at radius 2 is 2.03 bits per heavy atom. The summed E-state index contributed by atoms with van der Waals surface area (Å²) in [6.45, 7) is 2.64. The van der Waals surface area contributed by atoms with Crippen molar-refractivity contribution in [3.05, 3.63) is 39.9 Å². The third-order valence-corrected chi connectivity index (χ3v) is 6.90. The van der Waals surface area contributed by atoms with Crippen molar-refractivity contribution in [1.29, 1.82) is 0 Å². The van der Waals surface area contributed by atoms with Gasteiger partial charge in [-0.2, -0.15) is 0 Å². The van der Waals surface area contributed by atoms with Crippen LogP contribution in [-0.4, -0.2) is 54.3 Å². The highest BCUT2D eigenvalue weighted by Crippen LogP contribution is 2.57. The van der Waals surface area contributed by atoms with E-state index in [4.69, 9.17) is 0 Å². The Labute approximate surface area is 168 Å². The first-order valence-electron chi connectivity index (χ1n) is 10.3. The number of nitrogens with zero attached hydrogens (tertiary/aromatic N) is 3. The first-order valence-corrected chi connectivity index (χ1v) is 10.3. The molecular formula is C22H26FN3O3. The van der Waals surface area contributed by atoms with Crippen LogP contribution in [0.4, 0.5) is 10.1 Å². The number of rotatable bonds is 5. The maximum Gasteiger partial charge on any atom is 0.341 e. The van der Waals surface area contributed by atoms with Crippen LogP contribution < -0.4 is 10.3 Å². The van der Waals surface area contributed by atoms with Crippen LogP contribution in [0.3, 0.4) is 0 Å². The minimum absolute atomic E-state index is 0.156.